The van der Waals surface area contributed by atoms with Gasteiger partial charge in [0.1, 0.15) is 5.75 Å². The van der Waals surface area contributed by atoms with Crippen molar-refractivity contribution in [2.75, 3.05) is 7.11 Å². The Balaban J connectivity index is 2.40. The predicted octanol–water partition coefficient (Wildman–Crippen LogP) is 3.81. The van der Waals surface area contributed by atoms with Crippen LogP contribution in [0, 0.1) is 13.8 Å². The number of aryl methyl sites for hydroxylation is 1. The Labute approximate surface area is 130 Å². The Kier molecular flexibility index (Phi) is 4.55. The van der Waals surface area contributed by atoms with E-state index in [9.17, 15) is 5.11 Å². The van der Waals surface area contributed by atoms with Crippen LogP contribution in [0.5, 0.6) is 5.75 Å². The van der Waals surface area contributed by atoms with Crippen molar-refractivity contribution in [1.29, 1.82) is 0 Å². The number of aromatic nitrogens is 1. The summed E-state index contributed by atoms with van der Waals surface area (Å²) in [6, 6.07) is 7.33. The van der Waals surface area contributed by atoms with Crippen LogP contribution in [-0.2, 0) is 12.0 Å². The van der Waals surface area contributed by atoms with Crippen molar-refractivity contribution in [1.82, 2.24) is 4.98 Å². The number of hydrogen-bond acceptors (Lipinski definition) is 3. The molecule has 1 aromatic heterocycles. The molecule has 3 nitrogen and oxygen atoms in total. The van der Waals surface area contributed by atoms with Crippen LogP contribution in [-0.4, -0.2) is 17.2 Å². The lowest BCUT2D eigenvalue weighted by atomic mass is 9.89. The fraction of sp³-hybridized carbons (Fsp3) is 0.353. The van der Waals surface area contributed by atoms with Gasteiger partial charge >= 0.3 is 0 Å². The molecule has 0 saturated carbocycles. The number of pyridine rings is 1. The second kappa shape index (κ2) is 6.04. The van der Waals surface area contributed by atoms with Crippen LogP contribution >= 0.6 is 11.6 Å². The van der Waals surface area contributed by atoms with Gasteiger partial charge in [-0.2, -0.15) is 0 Å². The van der Waals surface area contributed by atoms with Gasteiger partial charge in [0.2, 0.25) is 0 Å². The van der Waals surface area contributed by atoms with Gasteiger partial charge in [0.25, 0.3) is 0 Å². The SMILES string of the molecule is COc1c(C)cnc(CC(C)(O)c2ccccc2Cl)c1C. The van der Waals surface area contributed by atoms with E-state index in [2.05, 4.69) is 4.98 Å². The molecule has 112 valence electrons. The van der Waals surface area contributed by atoms with Crippen LogP contribution in [0.4, 0.5) is 0 Å². The van der Waals surface area contributed by atoms with Crippen LogP contribution in [0.1, 0.15) is 29.3 Å². The molecule has 0 saturated heterocycles. The van der Waals surface area contributed by atoms with E-state index < -0.39 is 5.60 Å². The summed E-state index contributed by atoms with van der Waals surface area (Å²) in [5, 5.41) is 11.4. The highest BCUT2D eigenvalue weighted by atomic mass is 35.5. The van der Waals surface area contributed by atoms with E-state index in [4.69, 9.17) is 16.3 Å². The van der Waals surface area contributed by atoms with Crippen molar-refractivity contribution in [2.45, 2.75) is 32.8 Å². The van der Waals surface area contributed by atoms with Crippen LogP contribution in [0.25, 0.3) is 0 Å². The molecule has 0 aliphatic rings. The van der Waals surface area contributed by atoms with Gasteiger partial charge in [0.15, 0.2) is 0 Å². The molecule has 1 heterocycles. The molecule has 21 heavy (non-hydrogen) atoms. The van der Waals surface area contributed by atoms with Gasteiger partial charge in [0, 0.05) is 34.3 Å². The quantitative estimate of drug-likeness (QED) is 0.934. The standard InChI is InChI=1S/C17H20ClNO2/c1-11-10-19-15(12(2)16(11)21-4)9-17(3,20)13-7-5-6-8-14(13)18/h5-8,10,20H,9H2,1-4H3. The minimum absolute atomic E-state index is 0.374. The number of aliphatic hydroxyl groups is 1. The number of halogens is 1. The predicted molar refractivity (Wildman–Crippen MR) is 85.0 cm³/mol. The second-order valence-corrected chi connectivity index (χ2v) is 5.88. The zero-order chi connectivity index (χ0) is 15.6. The first-order chi connectivity index (χ1) is 9.86. The van der Waals surface area contributed by atoms with Gasteiger partial charge in [-0.05, 0) is 26.8 Å². The summed E-state index contributed by atoms with van der Waals surface area (Å²) in [5.41, 5.74) is 2.35. The number of benzene rings is 1. The molecule has 1 unspecified atom stereocenters. The molecule has 4 heteroatoms. The van der Waals surface area contributed by atoms with E-state index in [-0.39, 0.29) is 0 Å². The lowest BCUT2D eigenvalue weighted by molar-refractivity contribution is 0.0564. The molecule has 2 aromatic rings. The van der Waals surface area contributed by atoms with E-state index in [1.165, 1.54) is 0 Å². The summed E-state index contributed by atoms with van der Waals surface area (Å²) in [6.07, 6.45) is 2.14. The maximum atomic E-state index is 10.8. The first-order valence-electron chi connectivity index (χ1n) is 6.83. The van der Waals surface area contributed by atoms with Crippen molar-refractivity contribution >= 4 is 11.6 Å². The molecule has 1 N–H and O–H groups in total. The van der Waals surface area contributed by atoms with E-state index >= 15 is 0 Å². The maximum absolute atomic E-state index is 10.8. The molecule has 1 atom stereocenters. The van der Waals surface area contributed by atoms with Crippen LogP contribution in [0.15, 0.2) is 30.5 Å². The highest BCUT2D eigenvalue weighted by molar-refractivity contribution is 6.31. The van der Waals surface area contributed by atoms with Gasteiger partial charge in [-0.25, -0.2) is 0 Å². The minimum Gasteiger partial charge on any atom is -0.496 e. The van der Waals surface area contributed by atoms with E-state index in [0.717, 1.165) is 22.6 Å². The Morgan fingerprint density at radius 3 is 2.57 bits per heavy atom. The Bertz CT molecular complexity index is 653. The fourth-order valence-corrected chi connectivity index (χ4v) is 2.91. The molecule has 1 aromatic carbocycles. The van der Waals surface area contributed by atoms with Gasteiger partial charge in [0.05, 0.1) is 18.4 Å². The third kappa shape index (κ3) is 3.20. The number of ether oxygens (including phenoxy) is 1. The molecular weight excluding hydrogens is 286 g/mol. The Morgan fingerprint density at radius 2 is 1.95 bits per heavy atom. The zero-order valence-electron chi connectivity index (χ0n) is 12.8. The third-order valence-corrected chi connectivity index (χ3v) is 4.05. The molecule has 0 aliphatic heterocycles. The van der Waals surface area contributed by atoms with Crippen molar-refractivity contribution in [3.8, 4) is 5.75 Å². The second-order valence-electron chi connectivity index (χ2n) is 5.48. The highest BCUT2D eigenvalue weighted by Gasteiger charge is 2.28. The molecule has 0 radical (unpaired) electrons. The summed E-state index contributed by atoms with van der Waals surface area (Å²) in [6.45, 7) is 5.66. The van der Waals surface area contributed by atoms with E-state index in [0.29, 0.717) is 17.0 Å². The molecular formula is C17H20ClNO2. The number of hydrogen-bond donors (Lipinski definition) is 1. The zero-order valence-corrected chi connectivity index (χ0v) is 13.5. The largest absolute Gasteiger partial charge is 0.496 e. The molecule has 0 amide bonds. The van der Waals surface area contributed by atoms with Crippen molar-refractivity contribution in [3.05, 3.63) is 57.9 Å². The van der Waals surface area contributed by atoms with Crippen molar-refractivity contribution in [2.24, 2.45) is 0 Å². The number of nitrogens with zero attached hydrogens (tertiary/aromatic N) is 1. The van der Waals surface area contributed by atoms with Crippen LogP contribution in [0.2, 0.25) is 5.02 Å². The molecule has 0 bridgehead atoms. The highest BCUT2D eigenvalue weighted by Crippen LogP contribution is 2.33. The Hall–Kier alpha value is -1.58. The topological polar surface area (TPSA) is 42.4 Å². The van der Waals surface area contributed by atoms with Crippen molar-refractivity contribution in [3.63, 3.8) is 0 Å². The normalized spacial score (nSPS) is 13.8. The van der Waals surface area contributed by atoms with Crippen LogP contribution < -0.4 is 4.74 Å². The Morgan fingerprint density at radius 1 is 1.29 bits per heavy atom. The van der Waals surface area contributed by atoms with Gasteiger partial charge in [-0.1, -0.05) is 29.8 Å². The average Bonchev–Trinajstić information content (AvgIpc) is 2.43. The lowest BCUT2D eigenvalue weighted by Crippen LogP contribution is -2.26. The summed E-state index contributed by atoms with van der Waals surface area (Å²) in [4.78, 5) is 4.44. The molecule has 0 aliphatic carbocycles. The maximum Gasteiger partial charge on any atom is 0.128 e. The minimum atomic E-state index is -1.09. The molecule has 2 rings (SSSR count). The van der Waals surface area contributed by atoms with Crippen LogP contribution in [0.3, 0.4) is 0 Å². The number of methoxy groups -OCH3 is 1. The van der Waals surface area contributed by atoms with Gasteiger partial charge in [-0.3, -0.25) is 4.98 Å². The van der Waals surface area contributed by atoms with Crippen molar-refractivity contribution < 1.29 is 9.84 Å². The monoisotopic (exact) mass is 305 g/mol. The summed E-state index contributed by atoms with van der Waals surface area (Å²) in [5.74, 6) is 0.815. The fourth-order valence-electron chi connectivity index (χ4n) is 2.57. The first-order valence-corrected chi connectivity index (χ1v) is 7.21. The lowest BCUT2D eigenvalue weighted by Gasteiger charge is -2.26. The summed E-state index contributed by atoms with van der Waals surface area (Å²) in [7, 11) is 1.64. The molecule has 0 spiro atoms. The third-order valence-electron chi connectivity index (χ3n) is 3.72. The van der Waals surface area contributed by atoms with Gasteiger partial charge < -0.3 is 9.84 Å². The molecule has 0 fully saturated rings. The number of rotatable bonds is 4. The first kappa shape index (κ1) is 15.8. The average molecular weight is 306 g/mol. The van der Waals surface area contributed by atoms with Gasteiger partial charge in [-0.15, -0.1) is 0 Å². The summed E-state index contributed by atoms with van der Waals surface area (Å²) >= 11 is 6.19. The van der Waals surface area contributed by atoms with E-state index in [1.54, 1.807) is 26.3 Å². The summed E-state index contributed by atoms with van der Waals surface area (Å²) < 4.78 is 5.41. The van der Waals surface area contributed by atoms with E-state index in [1.807, 2.05) is 32.0 Å². The smallest absolute Gasteiger partial charge is 0.128 e.